The van der Waals surface area contributed by atoms with Gasteiger partial charge < -0.3 is 4.89 Å². The minimum absolute atomic E-state index is 0.149. The van der Waals surface area contributed by atoms with Gasteiger partial charge in [0.05, 0.1) is 7.76 Å². The molecule has 0 fully saturated rings. The van der Waals surface area contributed by atoms with Gasteiger partial charge in [-0.1, -0.05) is 72.8 Å². The molecule has 0 amide bonds. The molecule has 0 spiro atoms. The zero-order valence-electron chi connectivity index (χ0n) is 11.9. The van der Waals surface area contributed by atoms with E-state index in [-0.39, 0.29) is 5.16 Å². The van der Waals surface area contributed by atoms with Crippen LogP contribution in [0.4, 0.5) is 0 Å². The SMILES string of the molecule is O=c1c2ccccc2c2ccccc2p1O.c1ccccc1. The van der Waals surface area contributed by atoms with Gasteiger partial charge in [-0.15, -0.1) is 0 Å². The first-order valence-corrected chi connectivity index (χ1v) is 8.30. The van der Waals surface area contributed by atoms with Gasteiger partial charge in [0.2, 0.25) is 5.16 Å². The highest BCUT2D eigenvalue weighted by Gasteiger charge is 2.08. The number of rotatable bonds is 0. The van der Waals surface area contributed by atoms with Crippen LogP contribution in [0.1, 0.15) is 0 Å². The second-order valence-corrected chi connectivity index (χ2v) is 6.35. The van der Waals surface area contributed by atoms with E-state index in [1.165, 1.54) is 0 Å². The average Bonchev–Trinajstić information content (AvgIpc) is 2.62. The molecule has 1 atom stereocenters. The van der Waals surface area contributed by atoms with E-state index < -0.39 is 7.76 Å². The lowest BCUT2D eigenvalue weighted by atomic mass is 10.1. The highest BCUT2D eigenvalue weighted by atomic mass is 31.1. The third-order valence-corrected chi connectivity index (χ3v) is 4.91. The minimum atomic E-state index is -1.69. The summed E-state index contributed by atoms with van der Waals surface area (Å²) in [4.78, 5) is 21.9. The Balaban J connectivity index is 0.000000202. The molecule has 1 unspecified atom stereocenters. The van der Waals surface area contributed by atoms with Crippen LogP contribution in [0.3, 0.4) is 0 Å². The molecule has 0 aliphatic rings. The van der Waals surface area contributed by atoms with Crippen molar-refractivity contribution in [3.05, 3.63) is 94.9 Å². The summed E-state index contributed by atoms with van der Waals surface area (Å²) >= 11 is 0. The maximum Gasteiger partial charge on any atom is 0.230 e. The van der Waals surface area contributed by atoms with Crippen molar-refractivity contribution in [1.29, 1.82) is 0 Å². The van der Waals surface area contributed by atoms with E-state index in [1.807, 2.05) is 78.9 Å². The van der Waals surface area contributed by atoms with Gasteiger partial charge in [-0.2, -0.15) is 0 Å². The fourth-order valence-electron chi connectivity index (χ4n) is 2.40. The number of hydrogen-bond donors (Lipinski definition) is 1. The molecule has 1 aromatic heterocycles. The predicted octanol–water partition coefficient (Wildman–Crippen LogP) is 4.78. The molecule has 1 heterocycles. The smallest absolute Gasteiger partial charge is 0.230 e. The van der Waals surface area contributed by atoms with Crippen molar-refractivity contribution in [2.75, 3.05) is 0 Å². The quantitative estimate of drug-likeness (QED) is 0.475. The molecule has 2 nitrogen and oxygen atoms in total. The molecule has 0 saturated heterocycles. The highest BCUT2D eigenvalue weighted by molar-refractivity contribution is 7.49. The Morgan fingerprint density at radius 3 is 1.64 bits per heavy atom. The van der Waals surface area contributed by atoms with Crippen LogP contribution in [0.2, 0.25) is 0 Å². The Morgan fingerprint density at radius 2 is 1.05 bits per heavy atom. The number of hydrogen-bond acceptors (Lipinski definition) is 2. The second-order valence-electron chi connectivity index (χ2n) is 4.83. The van der Waals surface area contributed by atoms with Gasteiger partial charge >= 0.3 is 0 Å². The van der Waals surface area contributed by atoms with Gasteiger partial charge in [-0.3, -0.25) is 4.79 Å². The summed E-state index contributed by atoms with van der Waals surface area (Å²) in [5.41, 5.74) is 0. The molecule has 4 aromatic rings. The van der Waals surface area contributed by atoms with Crippen LogP contribution in [0.15, 0.2) is 89.7 Å². The molecule has 1 N–H and O–H groups in total. The first-order valence-electron chi connectivity index (χ1n) is 7.01. The molecule has 22 heavy (non-hydrogen) atoms. The minimum Gasteiger partial charge on any atom is -0.343 e. The average molecular weight is 306 g/mol. The van der Waals surface area contributed by atoms with E-state index in [4.69, 9.17) is 0 Å². The molecule has 0 saturated carbocycles. The molecular weight excluding hydrogens is 291 g/mol. The number of benzene rings is 3. The Morgan fingerprint density at radius 1 is 0.591 bits per heavy atom. The zero-order valence-corrected chi connectivity index (χ0v) is 12.8. The summed E-state index contributed by atoms with van der Waals surface area (Å²) < 4.78 is 0. The zero-order chi connectivity index (χ0) is 15.4. The monoisotopic (exact) mass is 306 g/mol. The number of fused-ring (bicyclic) bond motifs is 3. The van der Waals surface area contributed by atoms with Gasteiger partial charge in [0.15, 0.2) is 0 Å². The molecule has 3 heteroatoms. The van der Waals surface area contributed by atoms with Gasteiger partial charge in [0.1, 0.15) is 0 Å². The highest BCUT2D eigenvalue weighted by Crippen LogP contribution is 2.33. The van der Waals surface area contributed by atoms with Crippen molar-refractivity contribution in [3.8, 4) is 0 Å². The lowest BCUT2D eigenvalue weighted by Crippen LogP contribution is -1.97. The van der Waals surface area contributed by atoms with E-state index in [1.54, 1.807) is 6.07 Å². The maximum atomic E-state index is 12.0. The van der Waals surface area contributed by atoms with Crippen LogP contribution in [-0.2, 0) is 0 Å². The molecule has 0 aliphatic heterocycles. The van der Waals surface area contributed by atoms with Crippen LogP contribution in [0.5, 0.6) is 0 Å². The lowest BCUT2D eigenvalue weighted by Gasteiger charge is -2.04. The lowest BCUT2D eigenvalue weighted by molar-refractivity contribution is 0.650. The third kappa shape index (κ3) is 2.80. The third-order valence-electron chi connectivity index (χ3n) is 3.44. The van der Waals surface area contributed by atoms with Crippen molar-refractivity contribution in [3.63, 3.8) is 0 Å². The molecule has 0 bridgehead atoms. The predicted molar refractivity (Wildman–Crippen MR) is 94.5 cm³/mol. The van der Waals surface area contributed by atoms with Crippen molar-refractivity contribution in [1.82, 2.24) is 0 Å². The van der Waals surface area contributed by atoms with Gasteiger partial charge in [0, 0.05) is 10.5 Å². The Hall–Kier alpha value is -2.41. The Labute approximate surface area is 129 Å². The summed E-state index contributed by atoms with van der Waals surface area (Å²) in [5.74, 6) is 0. The van der Waals surface area contributed by atoms with Crippen LogP contribution in [0, 0.1) is 0 Å². The van der Waals surface area contributed by atoms with E-state index in [0.717, 1.165) is 15.9 Å². The Kier molecular flexibility index (Phi) is 4.34. The van der Waals surface area contributed by atoms with Crippen LogP contribution in [0.25, 0.3) is 21.3 Å². The molecule has 0 radical (unpaired) electrons. The van der Waals surface area contributed by atoms with Crippen LogP contribution < -0.4 is 5.16 Å². The van der Waals surface area contributed by atoms with Gasteiger partial charge in [-0.25, -0.2) is 0 Å². The maximum absolute atomic E-state index is 12.0. The van der Waals surface area contributed by atoms with E-state index in [2.05, 4.69) is 0 Å². The van der Waals surface area contributed by atoms with Crippen molar-refractivity contribution < 1.29 is 4.89 Å². The summed E-state index contributed by atoms with van der Waals surface area (Å²) in [6.07, 6.45) is 0. The molecule has 108 valence electrons. The fourth-order valence-corrected chi connectivity index (χ4v) is 3.69. The molecule has 3 aromatic carbocycles. The van der Waals surface area contributed by atoms with E-state index >= 15 is 0 Å². The van der Waals surface area contributed by atoms with Crippen molar-refractivity contribution in [2.24, 2.45) is 0 Å². The summed E-state index contributed by atoms with van der Waals surface area (Å²) in [5, 5.41) is 3.16. The van der Waals surface area contributed by atoms with Crippen molar-refractivity contribution in [2.45, 2.75) is 0 Å². The van der Waals surface area contributed by atoms with E-state index in [9.17, 15) is 9.69 Å². The first-order chi connectivity index (χ1) is 10.8. The van der Waals surface area contributed by atoms with E-state index in [0.29, 0.717) is 5.39 Å². The molecular formula is C19H15O2P. The second kappa shape index (κ2) is 6.57. The fraction of sp³-hybridized carbons (Fsp3) is 0. The van der Waals surface area contributed by atoms with Crippen LogP contribution in [-0.4, -0.2) is 4.89 Å². The summed E-state index contributed by atoms with van der Waals surface area (Å²) in [6.45, 7) is 0. The Bertz CT molecular complexity index is 932. The molecule has 4 rings (SSSR count). The van der Waals surface area contributed by atoms with Crippen LogP contribution >= 0.6 is 7.76 Å². The topological polar surface area (TPSA) is 37.3 Å². The van der Waals surface area contributed by atoms with Crippen molar-refractivity contribution >= 4 is 29.0 Å². The first kappa shape index (κ1) is 14.5. The normalized spacial score (nSPS) is 11.0. The largest absolute Gasteiger partial charge is 0.343 e. The molecule has 0 aliphatic carbocycles. The standard InChI is InChI=1S/C13H9O2P.C6H6/c14-13-11-7-2-1-5-9(11)10-6-3-4-8-12(10)16(13)15;1-2-4-6-5-3-1/h1-8,15H;1-6H. The van der Waals surface area contributed by atoms with Gasteiger partial charge in [0.25, 0.3) is 0 Å². The summed E-state index contributed by atoms with van der Waals surface area (Å²) in [7, 11) is -1.69. The summed E-state index contributed by atoms with van der Waals surface area (Å²) in [6, 6.07) is 27.0. The van der Waals surface area contributed by atoms with Gasteiger partial charge in [-0.05, 0) is 22.9 Å².